The minimum absolute atomic E-state index is 0.00251. The van der Waals surface area contributed by atoms with E-state index in [2.05, 4.69) is 0 Å². The van der Waals surface area contributed by atoms with Crippen LogP contribution in [0.3, 0.4) is 0 Å². The standard InChI is InChI=1S/C15H15NO5/c1-10(2)21-15(17)9-20-14-8-7-13(16(18)19)11-5-3-4-6-12(11)14/h3-8,10H,9H2,1-2H3. The lowest BCUT2D eigenvalue weighted by Gasteiger charge is -2.11. The number of hydrogen-bond donors (Lipinski definition) is 0. The fourth-order valence-corrected chi connectivity index (χ4v) is 1.97. The molecule has 0 N–H and O–H groups in total. The van der Waals surface area contributed by atoms with Crippen LogP contribution in [0.25, 0.3) is 10.8 Å². The fourth-order valence-electron chi connectivity index (χ4n) is 1.97. The van der Waals surface area contributed by atoms with Crippen LogP contribution in [0.2, 0.25) is 0 Å². The number of nitro groups is 1. The summed E-state index contributed by atoms with van der Waals surface area (Å²) < 4.78 is 10.4. The zero-order chi connectivity index (χ0) is 15.4. The maximum atomic E-state index is 11.5. The van der Waals surface area contributed by atoms with Crippen molar-refractivity contribution in [1.82, 2.24) is 0 Å². The first kappa shape index (κ1) is 14.8. The number of hydrogen-bond acceptors (Lipinski definition) is 5. The van der Waals surface area contributed by atoms with Crippen LogP contribution in [0, 0.1) is 10.1 Å². The molecular weight excluding hydrogens is 274 g/mol. The van der Waals surface area contributed by atoms with Gasteiger partial charge in [-0.05, 0) is 26.0 Å². The molecule has 0 fully saturated rings. The van der Waals surface area contributed by atoms with E-state index in [1.54, 1.807) is 38.1 Å². The third kappa shape index (κ3) is 3.47. The van der Waals surface area contributed by atoms with E-state index in [9.17, 15) is 14.9 Å². The summed E-state index contributed by atoms with van der Waals surface area (Å²) in [6.45, 7) is 3.26. The van der Waals surface area contributed by atoms with Gasteiger partial charge in [0.15, 0.2) is 6.61 Å². The zero-order valence-electron chi connectivity index (χ0n) is 11.7. The Morgan fingerprint density at radius 3 is 2.48 bits per heavy atom. The molecule has 0 bridgehead atoms. The van der Waals surface area contributed by atoms with E-state index in [4.69, 9.17) is 9.47 Å². The van der Waals surface area contributed by atoms with Crippen molar-refractivity contribution < 1.29 is 19.2 Å². The molecule has 0 aliphatic carbocycles. The lowest BCUT2D eigenvalue weighted by Crippen LogP contribution is -2.18. The van der Waals surface area contributed by atoms with Crippen molar-refractivity contribution in [3.8, 4) is 5.75 Å². The zero-order valence-corrected chi connectivity index (χ0v) is 11.7. The highest BCUT2D eigenvalue weighted by Gasteiger charge is 2.15. The molecule has 0 saturated heterocycles. The van der Waals surface area contributed by atoms with Crippen LogP contribution in [0.1, 0.15) is 13.8 Å². The Morgan fingerprint density at radius 1 is 1.19 bits per heavy atom. The fraction of sp³-hybridized carbons (Fsp3) is 0.267. The van der Waals surface area contributed by atoms with E-state index < -0.39 is 10.9 Å². The van der Waals surface area contributed by atoms with Gasteiger partial charge in [-0.1, -0.05) is 18.2 Å². The van der Waals surface area contributed by atoms with Crippen molar-refractivity contribution in [2.75, 3.05) is 6.61 Å². The number of carbonyl (C=O) groups is 1. The maximum Gasteiger partial charge on any atom is 0.344 e. The molecule has 2 aromatic rings. The van der Waals surface area contributed by atoms with Crippen molar-refractivity contribution >= 4 is 22.4 Å². The second-order valence-electron chi connectivity index (χ2n) is 4.71. The molecule has 21 heavy (non-hydrogen) atoms. The van der Waals surface area contributed by atoms with Crippen LogP contribution in [0.5, 0.6) is 5.75 Å². The summed E-state index contributed by atoms with van der Waals surface area (Å²) in [5.74, 6) is -0.0654. The molecule has 2 aromatic carbocycles. The van der Waals surface area contributed by atoms with E-state index in [0.717, 1.165) is 0 Å². The van der Waals surface area contributed by atoms with Gasteiger partial charge in [0.05, 0.1) is 16.4 Å². The Balaban J connectivity index is 2.27. The van der Waals surface area contributed by atoms with Crippen LogP contribution in [0.15, 0.2) is 36.4 Å². The van der Waals surface area contributed by atoms with Gasteiger partial charge < -0.3 is 9.47 Å². The molecule has 0 saturated carbocycles. The number of esters is 1. The number of nitrogens with zero attached hydrogens (tertiary/aromatic N) is 1. The number of nitro benzene ring substituents is 1. The van der Waals surface area contributed by atoms with Gasteiger partial charge in [0.2, 0.25) is 0 Å². The maximum absolute atomic E-state index is 11.5. The third-order valence-electron chi connectivity index (χ3n) is 2.77. The van der Waals surface area contributed by atoms with Gasteiger partial charge in [0.1, 0.15) is 5.75 Å². The lowest BCUT2D eigenvalue weighted by molar-refractivity contribution is -0.383. The predicted octanol–water partition coefficient (Wildman–Crippen LogP) is 3.08. The molecular formula is C15H15NO5. The van der Waals surface area contributed by atoms with Crippen molar-refractivity contribution in [3.05, 3.63) is 46.5 Å². The van der Waals surface area contributed by atoms with Crippen molar-refractivity contribution in [2.45, 2.75) is 20.0 Å². The number of carbonyl (C=O) groups excluding carboxylic acids is 1. The summed E-state index contributed by atoms with van der Waals surface area (Å²) in [7, 11) is 0. The van der Waals surface area contributed by atoms with Crippen LogP contribution < -0.4 is 4.74 Å². The molecule has 0 amide bonds. The third-order valence-corrected chi connectivity index (χ3v) is 2.77. The molecule has 0 aromatic heterocycles. The molecule has 6 heteroatoms. The Bertz CT molecular complexity index is 681. The van der Waals surface area contributed by atoms with Crippen LogP contribution in [-0.4, -0.2) is 23.6 Å². The van der Waals surface area contributed by atoms with Crippen molar-refractivity contribution in [2.24, 2.45) is 0 Å². The smallest absolute Gasteiger partial charge is 0.344 e. The minimum Gasteiger partial charge on any atom is -0.481 e. The van der Waals surface area contributed by atoms with E-state index in [0.29, 0.717) is 16.5 Å². The molecule has 0 atom stereocenters. The summed E-state index contributed by atoms with van der Waals surface area (Å²) in [6.07, 6.45) is -0.213. The summed E-state index contributed by atoms with van der Waals surface area (Å²) in [6, 6.07) is 9.68. The lowest BCUT2D eigenvalue weighted by atomic mass is 10.1. The van der Waals surface area contributed by atoms with Gasteiger partial charge in [-0.3, -0.25) is 10.1 Å². The normalized spacial score (nSPS) is 10.6. The monoisotopic (exact) mass is 289 g/mol. The molecule has 0 spiro atoms. The highest BCUT2D eigenvalue weighted by molar-refractivity contribution is 5.95. The van der Waals surface area contributed by atoms with E-state index >= 15 is 0 Å². The largest absolute Gasteiger partial charge is 0.481 e. The molecule has 0 aliphatic heterocycles. The first-order valence-corrected chi connectivity index (χ1v) is 6.47. The second-order valence-corrected chi connectivity index (χ2v) is 4.71. The summed E-state index contributed by atoms with van der Waals surface area (Å²) >= 11 is 0. The minimum atomic E-state index is -0.479. The van der Waals surface area contributed by atoms with Gasteiger partial charge in [0.25, 0.3) is 5.69 Å². The van der Waals surface area contributed by atoms with Crippen LogP contribution in [-0.2, 0) is 9.53 Å². The van der Waals surface area contributed by atoms with Crippen LogP contribution in [0.4, 0.5) is 5.69 Å². The van der Waals surface area contributed by atoms with Gasteiger partial charge >= 0.3 is 5.97 Å². The first-order valence-electron chi connectivity index (χ1n) is 6.47. The van der Waals surface area contributed by atoms with Crippen molar-refractivity contribution in [3.63, 3.8) is 0 Å². The topological polar surface area (TPSA) is 78.7 Å². The Morgan fingerprint density at radius 2 is 1.86 bits per heavy atom. The van der Waals surface area contributed by atoms with Gasteiger partial charge in [-0.2, -0.15) is 0 Å². The average molecular weight is 289 g/mol. The highest BCUT2D eigenvalue weighted by Crippen LogP contribution is 2.32. The molecule has 110 valence electrons. The van der Waals surface area contributed by atoms with Gasteiger partial charge in [-0.25, -0.2) is 4.79 Å². The van der Waals surface area contributed by atoms with Gasteiger partial charge in [-0.15, -0.1) is 0 Å². The Labute approximate surface area is 121 Å². The van der Waals surface area contributed by atoms with Crippen molar-refractivity contribution in [1.29, 1.82) is 0 Å². The Hall–Kier alpha value is -2.63. The number of non-ortho nitro benzene ring substituents is 1. The quantitative estimate of drug-likeness (QED) is 0.480. The summed E-state index contributed by atoms with van der Waals surface area (Å²) in [5.41, 5.74) is 0.00251. The Kier molecular flexibility index (Phi) is 4.37. The van der Waals surface area contributed by atoms with Gasteiger partial charge in [0, 0.05) is 11.5 Å². The molecule has 6 nitrogen and oxygen atoms in total. The number of fused-ring (bicyclic) bond motifs is 1. The average Bonchev–Trinajstić information content (AvgIpc) is 2.43. The molecule has 2 rings (SSSR count). The van der Waals surface area contributed by atoms with E-state index in [-0.39, 0.29) is 18.4 Å². The van der Waals surface area contributed by atoms with Crippen LogP contribution >= 0.6 is 0 Å². The molecule has 0 radical (unpaired) electrons. The predicted molar refractivity (Wildman–Crippen MR) is 77.3 cm³/mol. The summed E-state index contributed by atoms with van der Waals surface area (Å²) in [4.78, 5) is 22.0. The number of ether oxygens (including phenoxy) is 2. The van der Waals surface area contributed by atoms with E-state index in [1.807, 2.05) is 0 Å². The SMILES string of the molecule is CC(C)OC(=O)COc1ccc([N+](=O)[O-])c2ccccc12. The molecule has 0 heterocycles. The molecule has 0 aliphatic rings. The van der Waals surface area contributed by atoms with E-state index in [1.165, 1.54) is 12.1 Å². The number of benzene rings is 2. The highest BCUT2D eigenvalue weighted by atomic mass is 16.6. The summed E-state index contributed by atoms with van der Waals surface area (Å²) in [5, 5.41) is 12.1. The first-order chi connectivity index (χ1) is 9.99. The molecule has 0 unspecified atom stereocenters. The second kappa shape index (κ2) is 6.21. The number of rotatable bonds is 5.